The normalized spacial score (nSPS) is 10.9. The zero-order chi connectivity index (χ0) is 96.3. The Labute approximate surface area is 785 Å². The van der Waals surface area contributed by atoms with Crippen LogP contribution in [0.5, 0.6) is 0 Å². The molecule has 34 heteroatoms. The summed E-state index contributed by atoms with van der Waals surface area (Å²) < 4.78 is 46.2. The number of ether oxygens (including phenoxy) is 1. The van der Waals surface area contributed by atoms with Crippen molar-refractivity contribution in [3.8, 4) is 79.3 Å². The van der Waals surface area contributed by atoms with Gasteiger partial charge in [-0.05, 0) is 167 Å². The van der Waals surface area contributed by atoms with Crippen molar-refractivity contribution in [1.82, 2.24) is 44.6 Å². The van der Waals surface area contributed by atoms with Crippen LogP contribution in [0.2, 0.25) is 0 Å². The van der Waals surface area contributed by atoms with Gasteiger partial charge < -0.3 is 95.4 Å². The topological polar surface area (TPSA) is 436 Å². The second-order valence-electron chi connectivity index (χ2n) is 31.2. The fourth-order valence-corrected chi connectivity index (χ4v) is 12.8. The molecule has 15 rings (SSSR count). The monoisotopic (exact) mass is 1850 g/mol. The molecule has 0 unspecified atom stereocenters. The number of nitrogens with zero attached hydrogens (tertiary/aromatic N) is 10. The van der Waals surface area contributed by atoms with Crippen LogP contribution in [-0.2, 0) is 101 Å². The van der Waals surface area contributed by atoms with Gasteiger partial charge in [-0.3, -0.25) is 19.6 Å². The number of ketones is 2. The summed E-state index contributed by atoms with van der Waals surface area (Å²) in [6, 6.07) is 47.6. The number of nitrogens with two attached hydrogens (primary N) is 1. The van der Waals surface area contributed by atoms with E-state index < -0.39 is 11.7 Å². The minimum atomic E-state index is -0.612. The average molecular weight is 1860 g/mol. The first-order valence-electron chi connectivity index (χ1n) is 42.8. The highest BCUT2D eigenvalue weighted by Crippen LogP contribution is 2.33. The van der Waals surface area contributed by atoms with E-state index >= 15 is 0 Å². The van der Waals surface area contributed by atoms with Gasteiger partial charge in [0.2, 0.25) is 17.8 Å². The van der Waals surface area contributed by atoms with Gasteiger partial charge in [-0.1, -0.05) is 48.6 Å². The van der Waals surface area contributed by atoms with E-state index in [1.54, 1.807) is 88.1 Å². The summed E-state index contributed by atoms with van der Waals surface area (Å²) in [6.07, 6.45) is 27.9. The second-order valence-corrected chi connectivity index (χ2v) is 32.0. The Morgan fingerprint density at radius 1 is 0.440 bits per heavy atom. The Balaban J connectivity index is 0.000000176. The predicted molar refractivity (Wildman–Crippen MR) is 515 cm³/mol. The largest absolute Gasteiger partial charge is 0.461 e. The van der Waals surface area contributed by atoms with Crippen molar-refractivity contribution < 1.29 is 83.6 Å². The molecule has 0 radical (unpaired) electrons. The van der Waals surface area contributed by atoms with Crippen molar-refractivity contribution >= 4 is 120 Å². The summed E-state index contributed by atoms with van der Waals surface area (Å²) in [7, 11) is 9.41. The third-order valence-corrected chi connectivity index (χ3v) is 19.8. The minimum Gasteiger partial charge on any atom is -0.461 e. The standard InChI is InChI=1S/C16H19N3O4.C16H17NO2S.C16H14O3.C14H14N2O2S.C13H15N3O2.C13H14N2O3.C12H13N3O2/c1-16(2,3)23-15(21)19-14-17-9-11(10-18-14)13-7-6-12(22-13)5-4-8-20;1-17(2)16(20)13-7-5-12(6-8-13)15-10-9-14(19-15)4-3-11-18;17-9-1-2-13-5-8-16(19-13)12-3-6-14-11(10-12)4-7-15(14)18;15-14(19)16-11-5-3-10(4-6-11)13-8-7-12(18-13)2-1-9-17;1-16(2)13-14-8-10(9-15-13)12-6-5-11(18-12)4-3-7-17;1-10(17)8-15-9-11(7-14-15)13-5-4-12(18-13)3-2-6-16;1-13-12-14-7-9(8-15-12)11-5-4-10(17-11)3-2-6-16/h6-10H,4-5H2,1-3H3,(H,17,18,19,21);5-11H,3-4H2,1-2H3;3,5-6,8-10H,1-2,4,7H2;3-9H,1-2H2,(H3,15,16,19);5-9H,3-4H2,1-2H3;4-7,9H,2-3,8H2,1H3;4-8H,2-3H2,1H3,(H,13,14,15). The Morgan fingerprint density at radius 2 is 0.784 bits per heavy atom. The van der Waals surface area contributed by atoms with E-state index in [1.165, 1.54) is 6.92 Å². The number of anilines is 4. The van der Waals surface area contributed by atoms with Crippen LogP contribution >= 0.6 is 24.4 Å². The van der Waals surface area contributed by atoms with Crippen LogP contribution in [0, 0.1) is 0 Å². The number of aryl methyl sites for hydroxylation is 8. The number of amides is 1. The number of furan rings is 7. The molecule has 0 spiro atoms. The van der Waals surface area contributed by atoms with Gasteiger partial charge in [0.1, 0.15) is 135 Å². The lowest BCUT2D eigenvalue weighted by Gasteiger charge is -2.19. The number of carbonyl (C=O) groups is 10. The van der Waals surface area contributed by atoms with Gasteiger partial charge in [0, 0.05) is 208 Å². The summed E-state index contributed by atoms with van der Waals surface area (Å²) in [5.41, 5.74) is 14.7. The van der Waals surface area contributed by atoms with E-state index in [4.69, 9.17) is 65.8 Å². The number of hydrogen-bond acceptors (Lipinski definition) is 29. The van der Waals surface area contributed by atoms with Crippen LogP contribution in [0.3, 0.4) is 0 Å². The third-order valence-electron chi connectivity index (χ3n) is 19.1. The fraction of sp³-hybridized carbons (Fsp3) is 0.270. The molecule has 1 aliphatic rings. The van der Waals surface area contributed by atoms with Crippen LogP contribution < -0.4 is 26.6 Å². The molecule has 0 aliphatic heterocycles. The summed E-state index contributed by atoms with van der Waals surface area (Å²) in [5, 5.41) is 12.5. The smallest absolute Gasteiger partial charge is 0.414 e. The molecule has 11 heterocycles. The molecule has 32 nitrogen and oxygen atoms in total. The molecule has 0 bridgehead atoms. The van der Waals surface area contributed by atoms with Gasteiger partial charge in [-0.25, -0.2) is 34.7 Å². The van der Waals surface area contributed by atoms with Gasteiger partial charge >= 0.3 is 6.09 Å². The zero-order valence-electron chi connectivity index (χ0n) is 75.8. The predicted octanol–water partition coefficient (Wildman–Crippen LogP) is 18.2. The van der Waals surface area contributed by atoms with E-state index in [2.05, 4.69) is 51.0 Å². The molecular formula is C100H106N14O18S2. The molecule has 0 atom stereocenters. The van der Waals surface area contributed by atoms with Crippen LogP contribution in [0.15, 0.2) is 232 Å². The highest BCUT2D eigenvalue weighted by molar-refractivity contribution is 7.80. The van der Waals surface area contributed by atoms with Gasteiger partial charge in [-0.15, -0.1) is 0 Å². The quantitative estimate of drug-likeness (QED) is 0.0212. The first kappa shape index (κ1) is 102. The van der Waals surface area contributed by atoms with Gasteiger partial charge in [-0.2, -0.15) is 5.10 Å². The molecule has 1 aliphatic carbocycles. The summed E-state index contributed by atoms with van der Waals surface area (Å²) >= 11 is 10.1. The lowest BCUT2D eigenvalue weighted by molar-refractivity contribution is -0.118. The Kier molecular flexibility index (Phi) is 40.5. The Bertz CT molecular complexity index is 6130. The molecule has 0 saturated carbocycles. The maximum atomic E-state index is 11.6. The average Bonchev–Trinajstić information content (AvgIpc) is 1.66. The molecule has 11 aromatic heterocycles. The van der Waals surface area contributed by atoms with E-state index in [0.717, 1.165) is 175 Å². The van der Waals surface area contributed by atoms with E-state index in [-0.39, 0.29) is 29.2 Å². The number of Topliss-reactive ketones (excluding diaryl/α,β-unsaturated/α-hetero) is 2. The van der Waals surface area contributed by atoms with Gasteiger partial charge in [0.15, 0.2) is 16.7 Å². The molecule has 1 amide bonds. The first-order valence-corrected chi connectivity index (χ1v) is 43.7. The lowest BCUT2D eigenvalue weighted by Crippen LogP contribution is -2.27. The van der Waals surface area contributed by atoms with Crippen molar-refractivity contribution in [2.45, 2.75) is 143 Å². The number of fused-ring (bicyclic) bond motifs is 1. The molecule has 5 N–H and O–H groups in total. The number of aldehydes is 7. The molecule has 14 aromatic rings. The first-order chi connectivity index (χ1) is 64.7. The number of rotatable bonds is 35. The Morgan fingerprint density at radius 3 is 1.13 bits per heavy atom. The van der Waals surface area contributed by atoms with E-state index in [0.29, 0.717) is 131 Å². The van der Waals surface area contributed by atoms with Crippen LogP contribution in [0.25, 0.3) is 79.3 Å². The summed E-state index contributed by atoms with van der Waals surface area (Å²) in [4.78, 5) is 136. The van der Waals surface area contributed by atoms with Crippen molar-refractivity contribution in [2.75, 3.05) is 56.1 Å². The van der Waals surface area contributed by atoms with E-state index in [1.807, 2.05) is 184 Å². The maximum absolute atomic E-state index is 11.6. The number of thiocarbonyl (C=S) groups is 2. The molecule has 3 aromatic carbocycles. The third kappa shape index (κ3) is 33.5. The summed E-state index contributed by atoms with van der Waals surface area (Å²) in [6.45, 7) is 7.10. The van der Waals surface area contributed by atoms with Crippen molar-refractivity contribution in [2.24, 2.45) is 5.73 Å². The Hall–Kier alpha value is -15.5. The molecule has 0 saturated heterocycles. The van der Waals surface area contributed by atoms with Crippen molar-refractivity contribution in [1.29, 1.82) is 0 Å². The number of benzene rings is 3. The SMILES string of the molecule is CC(=O)Cn1cc(-c2ccc(CCC=O)o2)cn1.CC(C)(C)OC(=O)Nc1ncc(-c2ccc(CCC=O)o2)cn1.CN(C)C(=S)c1ccc(-c2ccc(CCC=O)o2)cc1.CN(C)c1ncc(-c2ccc(CCC=O)o2)cn1.CNc1ncc(-c2ccc(CCC=O)o2)cn1.NC(=S)Nc1ccc(-c2ccc(CCC=O)o2)cc1.O=CCCc1ccc(-c2ccc3c(c2)CCC3=O)o1. The van der Waals surface area contributed by atoms with Gasteiger partial charge in [0.25, 0.3) is 0 Å². The fourth-order valence-electron chi connectivity index (χ4n) is 12.6. The number of carbonyl (C=O) groups excluding carboxylic acids is 10. The van der Waals surface area contributed by atoms with Crippen LogP contribution in [-0.4, -0.2) is 157 Å². The van der Waals surface area contributed by atoms with Crippen molar-refractivity contribution in [3.05, 3.63) is 258 Å². The number of aromatic nitrogens is 8. The number of hydrogen-bond donors (Lipinski definition) is 4. The van der Waals surface area contributed by atoms with Gasteiger partial charge in [0.05, 0.1) is 35.0 Å². The molecular weight excluding hydrogens is 1750 g/mol. The van der Waals surface area contributed by atoms with Crippen LogP contribution in [0.4, 0.5) is 28.3 Å². The molecule has 0 fully saturated rings. The van der Waals surface area contributed by atoms with Crippen LogP contribution in [0.1, 0.15) is 141 Å². The van der Waals surface area contributed by atoms with E-state index in [9.17, 15) is 47.9 Å². The number of nitrogens with one attached hydrogen (secondary N) is 3. The lowest BCUT2D eigenvalue weighted by atomic mass is 10.0. The zero-order valence-corrected chi connectivity index (χ0v) is 77.5. The maximum Gasteiger partial charge on any atom is 0.414 e. The molecule has 134 heavy (non-hydrogen) atoms. The highest BCUT2D eigenvalue weighted by atomic mass is 32.1. The second kappa shape index (κ2) is 53.0. The minimum absolute atomic E-state index is 0.0516. The highest BCUT2D eigenvalue weighted by Gasteiger charge is 2.22. The molecule has 696 valence electrons. The van der Waals surface area contributed by atoms with Crippen molar-refractivity contribution in [3.63, 3.8) is 0 Å². The summed E-state index contributed by atoms with van der Waals surface area (Å²) in [5.74, 6) is 12.4.